The second-order valence-electron chi connectivity index (χ2n) is 4.89. The van der Waals surface area contributed by atoms with Crippen LogP contribution in [0.2, 0.25) is 0 Å². The van der Waals surface area contributed by atoms with Crippen LogP contribution in [0.1, 0.15) is 13.8 Å². The lowest BCUT2D eigenvalue weighted by Crippen LogP contribution is -2.50. The van der Waals surface area contributed by atoms with Gasteiger partial charge in [0.15, 0.2) is 0 Å². The number of hydrogen-bond acceptors (Lipinski definition) is 4. The van der Waals surface area contributed by atoms with Crippen LogP contribution in [-0.4, -0.2) is 62.5 Å². The molecule has 0 atom stereocenters. The zero-order chi connectivity index (χ0) is 14.5. The number of hydrogen-bond donors (Lipinski definition) is 2. The number of carbonyl (C=O) groups excluding carboxylic acids is 3. The largest absolute Gasteiger partial charge is 0.370 e. The maximum absolute atomic E-state index is 11.9. The zero-order valence-electron chi connectivity index (χ0n) is 11.6. The first kappa shape index (κ1) is 15.4. The summed E-state index contributed by atoms with van der Waals surface area (Å²) in [5.41, 5.74) is -1.12. The van der Waals surface area contributed by atoms with Crippen LogP contribution in [0.25, 0.3) is 0 Å². The molecule has 1 rings (SSSR count). The van der Waals surface area contributed by atoms with Gasteiger partial charge < -0.3 is 20.3 Å². The van der Waals surface area contributed by atoms with Gasteiger partial charge in [-0.15, -0.1) is 0 Å². The van der Waals surface area contributed by atoms with Crippen molar-refractivity contribution in [1.82, 2.24) is 15.5 Å². The summed E-state index contributed by atoms with van der Waals surface area (Å²) in [4.78, 5) is 36.5. The topological polar surface area (TPSA) is 87.7 Å². The summed E-state index contributed by atoms with van der Waals surface area (Å²) in [7, 11) is 1.49. The van der Waals surface area contributed by atoms with Gasteiger partial charge in [0.2, 0.25) is 17.7 Å². The number of nitrogens with one attached hydrogen (secondary N) is 2. The lowest BCUT2D eigenvalue weighted by Gasteiger charge is -2.27. The monoisotopic (exact) mass is 271 g/mol. The quantitative estimate of drug-likeness (QED) is 0.611. The van der Waals surface area contributed by atoms with E-state index in [4.69, 9.17) is 4.74 Å². The first-order chi connectivity index (χ1) is 8.89. The summed E-state index contributed by atoms with van der Waals surface area (Å²) in [5, 5.41) is 5.12. The molecule has 0 bridgehead atoms. The first-order valence-corrected chi connectivity index (χ1v) is 6.25. The van der Waals surface area contributed by atoms with Crippen molar-refractivity contribution in [3.63, 3.8) is 0 Å². The van der Waals surface area contributed by atoms with E-state index >= 15 is 0 Å². The standard InChI is InChI=1S/C12H21N3O4/c1-12(2,10(17)13-3)11(18)14-4-5-15-6-7-19-8-9(15)16/h4-8H2,1-3H3,(H,13,17)(H,14,18). The van der Waals surface area contributed by atoms with Gasteiger partial charge in [0.05, 0.1) is 6.61 Å². The third-order valence-corrected chi connectivity index (χ3v) is 3.11. The molecule has 0 aliphatic carbocycles. The summed E-state index contributed by atoms with van der Waals surface area (Å²) in [6.45, 7) is 5.01. The van der Waals surface area contributed by atoms with Crippen molar-refractivity contribution < 1.29 is 19.1 Å². The molecule has 1 saturated heterocycles. The second-order valence-corrected chi connectivity index (χ2v) is 4.89. The highest BCUT2D eigenvalue weighted by Gasteiger charge is 2.35. The maximum atomic E-state index is 11.9. The molecule has 1 aliphatic rings. The molecule has 7 nitrogen and oxygen atoms in total. The summed E-state index contributed by atoms with van der Waals surface area (Å²) in [5.74, 6) is -0.772. The third-order valence-electron chi connectivity index (χ3n) is 3.11. The van der Waals surface area contributed by atoms with Gasteiger partial charge >= 0.3 is 0 Å². The summed E-state index contributed by atoms with van der Waals surface area (Å²) in [6, 6.07) is 0. The number of carbonyl (C=O) groups is 3. The number of ether oxygens (including phenoxy) is 1. The molecule has 19 heavy (non-hydrogen) atoms. The highest BCUT2D eigenvalue weighted by atomic mass is 16.5. The van der Waals surface area contributed by atoms with Gasteiger partial charge in [0.25, 0.3) is 0 Å². The van der Waals surface area contributed by atoms with Crippen molar-refractivity contribution in [2.24, 2.45) is 5.41 Å². The Bertz CT molecular complexity index is 368. The average molecular weight is 271 g/mol. The molecular weight excluding hydrogens is 250 g/mol. The molecule has 0 saturated carbocycles. The van der Waals surface area contributed by atoms with Gasteiger partial charge in [-0.25, -0.2) is 0 Å². The summed E-state index contributed by atoms with van der Waals surface area (Å²) in [6.07, 6.45) is 0. The normalized spacial score (nSPS) is 16.2. The van der Waals surface area contributed by atoms with E-state index in [1.165, 1.54) is 7.05 Å². The average Bonchev–Trinajstić information content (AvgIpc) is 2.39. The van der Waals surface area contributed by atoms with Crippen molar-refractivity contribution >= 4 is 17.7 Å². The molecule has 0 spiro atoms. The van der Waals surface area contributed by atoms with Crippen LogP contribution >= 0.6 is 0 Å². The van der Waals surface area contributed by atoms with E-state index in [1.807, 2.05) is 0 Å². The van der Waals surface area contributed by atoms with Gasteiger partial charge in [-0.1, -0.05) is 0 Å². The molecule has 7 heteroatoms. The van der Waals surface area contributed by atoms with Crippen LogP contribution in [0, 0.1) is 5.41 Å². The molecule has 1 fully saturated rings. The Morgan fingerprint density at radius 2 is 2.05 bits per heavy atom. The van der Waals surface area contributed by atoms with E-state index in [-0.39, 0.29) is 24.3 Å². The van der Waals surface area contributed by atoms with E-state index in [9.17, 15) is 14.4 Å². The van der Waals surface area contributed by atoms with Gasteiger partial charge in [-0.05, 0) is 13.8 Å². The number of amides is 3. The van der Waals surface area contributed by atoms with Gasteiger partial charge in [-0.2, -0.15) is 0 Å². The Kier molecular flexibility index (Phi) is 5.29. The predicted octanol–water partition coefficient (Wildman–Crippen LogP) is -1.27. The smallest absolute Gasteiger partial charge is 0.248 e. The maximum Gasteiger partial charge on any atom is 0.248 e. The molecule has 0 unspecified atom stereocenters. The summed E-state index contributed by atoms with van der Waals surface area (Å²) >= 11 is 0. The molecule has 1 aliphatic heterocycles. The highest BCUT2D eigenvalue weighted by molar-refractivity contribution is 6.04. The van der Waals surface area contributed by atoms with E-state index in [0.717, 1.165) is 0 Å². The predicted molar refractivity (Wildman–Crippen MR) is 68.3 cm³/mol. The minimum atomic E-state index is -1.12. The Morgan fingerprint density at radius 1 is 1.37 bits per heavy atom. The van der Waals surface area contributed by atoms with Gasteiger partial charge in [0.1, 0.15) is 12.0 Å². The molecule has 108 valence electrons. The molecule has 1 heterocycles. The van der Waals surface area contributed by atoms with Crippen LogP contribution in [0.15, 0.2) is 0 Å². The van der Waals surface area contributed by atoms with Gasteiger partial charge in [-0.3, -0.25) is 14.4 Å². The molecular formula is C12H21N3O4. The molecule has 0 radical (unpaired) electrons. The molecule has 3 amide bonds. The highest BCUT2D eigenvalue weighted by Crippen LogP contribution is 2.14. The Balaban J connectivity index is 2.38. The molecule has 0 aromatic heterocycles. The van der Waals surface area contributed by atoms with Crippen LogP contribution in [0.3, 0.4) is 0 Å². The number of morpholine rings is 1. The lowest BCUT2D eigenvalue weighted by molar-refractivity contribution is -0.144. The van der Waals surface area contributed by atoms with Crippen LogP contribution in [0.4, 0.5) is 0 Å². The minimum Gasteiger partial charge on any atom is -0.370 e. The molecule has 2 N–H and O–H groups in total. The SMILES string of the molecule is CNC(=O)C(C)(C)C(=O)NCCN1CCOCC1=O. The van der Waals surface area contributed by atoms with Crippen molar-refractivity contribution in [3.8, 4) is 0 Å². The van der Waals surface area contributed by atoms with Crippen LogP contribution in [0.5, 0.6) is 0 Å². The Hall–Kier alpha value is -1.63. The van der Waals surface area contributed by atoms with E-state index in [2.05, 4.69) is 10.6 Å². The first-order valence-electron chi connectivity index (χ1n) is 6.25. The third kappa shape index (κ3) is 3.92. The van der Waals surface area contributed by atoms with Crippen molar-refractivity contribution in [2.75, 3.05) is 39.9 Å². The fraction of sp³-hybridized carbons (Fsp3) is 0.750. The van der Waals surface area contributed by atoms with Crippen molar-refractivity contribution in [2.45, 2.75) is 13.8 Å². The number of rotatable bonds is 5. The Morgan fingerprint density at radius 3 is 2.63 bits per heavy atom. The molecule has 0 aromatic rings. The zero-order valence-corrected chi connectivity index (χ0v) is 11.6. The fourth-order valence-electron chi connectivity index (χ4n) is 1.73. The van der Waals surface area contributed by atoms with E-state index in [1.54, 1.807) is 18.7 Å². The van der Waals surface area contributed by atoms with Crippen molar-refractivity contribution in [3.05, 3.63) is 0 Å². The van der Waals surface area contributed by atoms with Crippen molar-refractivity contribution in [1.29, 1.82) is 0 Å². The van der Waals surface area contributed by atoms with Crippen LogP contribution < -0.4 is 10.6 Å². The second kappa shape index (κ2) is 6.51. The fourth-order valence-corrected chi connectivity index (χ4v) is 1.73. The van der Waals surface area contributed by atoms with Gasteiger partial charge in [0, 0.05) is 26.7 Å². The number of nitrogens with zero attached hydrogens (tertiary/aromatic N) is 1. The minimum absolute atomic E-state index is 0.0777. The van der Waals surface area contributed by atoms with E-state index in [0.29, 0.717) is 26.2 Å². The lowest BCUT2D eigenvalue weighted by atomic mass is 9.91. The molecule has 0 aromatic carbocycles. The Labute approximate surface area is 112 Å². The van der Waals surface area contributed by atoms with Crippen LogP contribution in [-0.2, 0) is 19.1 Å². The summed E-state index contributed by atoms with van der Waals surface area (Å²) < 4.78 is 5.01. The van der Waals surface area contributed by atoms with E-state index < -0.39 is 5.41 Å².